The molecular formula is C22H23F3N2O3. The molecular weight excluding hydrogens is 397 g/mol. The molecule has 5 nitrogen and oxygen atoms in total. The first kappa shape index (κ1) is 21.7. The third-order valence-electron chi connectivity index (χ3n) is 4.96. The van der Waals surface area contributed by atoms with Crippen LogP contribution in [0.2, 0.25) is 0 Å². The number of carbonyl (C=O) groups is 2. The van der Waals surface area contributed by atoms with E-state index in [0.717, 1.165) is 0 Å². The first-order valence-corrected chi connectivity index (χ1v) is 9.64. The van der Waals surface area contributed by atoms with Gasteiger partial charge in [0.05, 0.1) is 5.92 Å². The molecule has 1 heterocycles. The smallest absolute Gasteiger partial charge is 0.406 e. The third kappa shape index (κ3) is 5.75. The predicted octanol–water partition coefficient (Wildman–Crippen LogP) is 4.70. The van der Waals surface area contributed by atoms with Crippen LogP contribution in [-0.4, -0.2) is 29.6 Å². The Morgan fingerprint density at radius 3 is 2.33 bits per heavy atom. The van der Waals surface area contributed by atoms with Crippen LogP contribution >= 0.6 is 0 Å². The fourth-order valence-corrected chi connectivity index (χ4v) is 3.31. The highest BCUT2D eigenvalue weighted by Crippen LogP contribution is 2.25. The molecule has 0 spiro atoms. The van der Waals surface area contributed by atoms with E-state index < -0.39 is 12.3 Å². The van der Waals surface area contributed by atoms with Gasteiger partial charge in [0.2, 0.25) is 11.8 Å². The normalized spacial score (nSPS) is 16.8. The summed E-state index contributed by atoms with van der Waals surface area (Å²) in [6.45, 7) is 4.65. The lowest BCUT2D eigenvalue weighted by atomic mass is 10.0. The highest BCUT2D eigenvalue weighted by molar-refractivity contribution is 5.97. The molecule has 1 fully saturated rings. The Morgan fingerprint density at radius 1 is 1.13 bits per heavy atom. The Hall–Kier alpha value is -3.03. The molecule has 1 atom stereocenters. The van der Waals surface area contributed by atoms with Gasteiger partial charge in [-0.2, -0.15) is 0 Å². The summed E-state index contributed by atoms with van der Waals surface area (Å²) in [7, 11) is 0. The van der Waals surface area contributed by atoms with Gasteiger partial charge in [-0.25, -0.2) is 0 Å². The molecule has 0 radical (unpaired) electrons. The van der Waals surface area contributed by atoms with Crippen LogP contribution in [-0.2, 0) is 16.1 Å². The van der Waals surface area contributed by atoms with Crippen molar-refractivity contribution in [1.29, 1.82) is 0 Å². The summed E-state index contributed by atoms with van der Waals surface area (Å²) < 4.78 is 40.6. The first-order valence-electron chi connectivity index (χ1n) is 9.64. The van der Waals surface area contributed by atoms with Gasteiger partial charge in [0.25, 0.3) is 0 Å². The summed E-state index contributed by atoms with van der Waals surface area (Å²) in [6.07, 6.45) is -4.65. The lowest BCUT2D eigenvalue weighted by molar-refractivity contribution is -0.274. The van der Waals surface area contributed by atoms with Crippen LogP contribution in [0.5, 0.6) is 5.75 Å². The van der Waals surface area contributed by atoms with Gasteiger partial charge in [0, 0.05) is 25.2 Å². The summed E-state index contributed by atoms with van der Waals surface area (Å²) >= 11 is 0. The van der Waals surface area contributed by atoms with E-state index >= 15 is 0 Å². The first-order chi connectivity index (χ1) is 14.1. The van der Waals surface area contributed by atoms with Gasteiger partial charge in [-0.3, -0.25) is 9.59 Å². The van der Waals surface area contributed by atoms with Gasteiger partial charge >= 0.3 is 6.36 Å². The fourth-order valence-electron chi connectivity index (χ4n) is 3.31. The number of hydrogen-bond donors (Lipinski definition) is 1. The Morgan fingerprint density at radius 2 is 1.77 bits per heavy atom. The molecule has 0 aliphatic carbocycles. The number of alkyl halides is 3. The van der Waals surface area contributed by atoms with Gasteiger partial charge in [-0.1, -0.05) is 38.1 Å². The second-order valence-electron chi connectivity index (χ2n) is 7.63. The number of benzene rings is 2. The Kier molecular flexibility index (Phi) is 6.34. The number of hydrogen-bond acceptors (Lipinski definition) is 3. The van der Waals surface area contributed by atoms with Gasteiger partial charge in [-0.15, -0.1) is 13.2 Å². The molecule has 1 aliphatic rings. The third-order valence-corrected chi connectivity index (χ3v) is 4.96. The second kappa shape index (κ2) is 8.77. The number of nitrogens with zero attached hydrogens (tertiary/aromatic N) is 1. The van der Waals surface area contributed by atoms with Crippen LogP contribution in [0.4, 0.5) is 18.9 Å². The molecule has 1 aliphatic heterocycles. The summed E-state index contributed by atoms with van der Waals surface area (Å²) in [6, 6.07) is 12.9. The molecule has 160 valence electrons. The molecule has 3 rings (SSSR count). The maximum absolute atomic E-state index is 12.5. The lowest BCUT2D eigenvalue weighted by Gasteiger charge is -2.17. The lowest BCUT2D eigenvalue weighted by Crippen LogP contribution is -2.28. The summed E-state index contributed by atoms with van der Waals surface area (Å²) in [5.74, 6) is -0.794. The quantitative estimate of drug-likeness (QED) is 0.737. The van der Waals surface area contributed by atoms with Gasteiger partial charge in [-0.05, 0) is 41.3 Å². The fraction of sp³-hybridized carbons (Fsp3) is 0.364. The van der Waals surface area contributed by atoms with E-state index in [9.17, 15) is 22.8 Å². The van der Waals surface area contributed by atoms with Crippen molar-refractivity contribution in [2.24, 2.45) is 5.92 Å². The molecule has 1 saturated heterocycles. The highest BCUT2D eigenvalue weighted by atomic mass is 19.4. The molecule has 0 aromatic heterocycles. The molecule has 2 aromatic carbocycles. The minimum Gasteiger partial charge on any atom is -0.406 e. The summed E-state index contributed by atoms with van der Waals surface area (Å²) in [4.78, 5) is 26.4. The number of rotatable bonds is 6. The van der Waals surface area contributed by atoms with Crippen LogP contribution in [0, 0.1) is 5.92 Å². The zero-order valence-electron chi connectivity index (χ0n) is 16.7. The molecule has 8 heteroatoms. The van der Waals surface area contributed by atoms with Crippen molar-refractivity contribution >= 4 is 17.5 Å². The van der Waals surface area contributed by atoms with Crippen molar-refractivity contribution in [2.75, 3.05) is 11.9 Å². The maximum atomic E-state index is 12.5. The van der Waals surface area contributed by atoms with Crippen molar-refractivity contribution in [3.63, 3.8) is 0 Å². The highest BCUT2D eigenvalue weighted by Gasteiger charge is 2.34. The van der Waals surface area contributed by atoms with E-state index in [1.165, 1.54) is 34.7 Å². The zero-order chi connectivity index (χ0) is 21.9. The number of ether oxygens (including phenoxy) is 1. The minimum absolute atomic E-state index is 0.102. The monoisotopic (exact) mass is 420 g/mol. The van der Waals surface area contributed by atoms with Crippen molar-refractivity contribution in [3.8, 4) is 5.75 Å². The number of carbonyl (C=O) groups excluding carboxylic acids is 2. The average molecular weight is 420 g/mol. The topological polar surface area (TPSA) is 58.6 Å². The van der Waals surface area contributed by atoms with E-state index in [2.05, 4.69) is 23.9 Å². The van der Waals surface area contributed by atoms with Crippen LogP contribution in [0.15, 0.2) is 48.5 Å². The molecule has 2 aromatic rings. The summed E-state index contributed by atoms with van der Waals surface area (Å²) in [5.41, 5.74) is 2.50. The average Bonchev–Trinajstić information content (AvgIpc) is 3.03. The Balaban J connectivity index is 1.56. The van der Waals surface area contributed by atoms with Crippen molar-refractivity contribution in [2.45, 2.75) is 39.1 Å². The number of halogens is 3. The molecule has 2 amide bonds. The maximum Gasteiger partial charge on any atom is 0.573 e. The largest absolute Gasteiger partial charge is 0.573 e. The van der Waals surface area contributed by atoms with Crippen LogP contribution in [0.25, 0.3) is 0 Å². The number of likely N-dealkylation sites (tertiary alicyclic amines) is 1. The van der Waals surface area contributed by atoms with Crippen molar-refractivity contribution in [1.82, 2.24) is 4.90 Å². The molecule has 1 N–H and O–H groups in total. The van der Waals surface area contributed by atoms with Crippen molar-refractivity contribution in [3.05, 3.63) is 59.7 Å². The number of anilines is 1. The van der Waals surface area contributed by atoms with Gasteiger partial charge in [0.15, 0.2) is 0 Å². The van der Waals surface area contributed by atoms with Crippen LogP contribution in [0.3, 0.4) is 0 Å². The minimum atomic E-state index is -4.75. The molecule has 30 heavy (non-hydrogen) atoms. The van der Waals surface area contributed by atoms with E-state index in [0.29, 0.717) is 17.2 Å². The SMILES string of the molecule is CC(C)c1ccc(NC(=O)C2CC(=O)N(Cc3ccc(OC(F)(F)F)cc3)C2)cc1. The Labute approximate surface area is 172 Å². The van der Waals surface area contributed by atoms with E-state index in [4.69, 9.17) is 0 Å². The van der Waals surface area contributed by atoms with E-state index in [1.54, 1.807) is 0 Å². The van der Waals surface area contributed by atoms with Gasteiger partial charge in [0.1, 0.15) is 5.75 Å². The van der Waals surface area contributed by atoms with Crippen molar-refractivity contribution < 1.29 is 27.5 Å². The van der Waals surface area contributed by atoms with Crippen LogP contribution < -0.4 is 10.1 Å². The molecule has 0 bridgehead atoms. The predicted molar refractivity (Wildman–Crippen MR) is 106 cm³/mol. The molecule has 0 saturated carbocycles. The second-order valence-corrected chi connectivity index (χ2v) is 7.63. The number of amides is 2. The number of nitrogens with one attached hydrogen (secondary N) is 1. The zero-order valence-corrected chi connectivity index (χ0v) is 16.7. The standard InChI is InChI=1S/C22H23F3N2O3/c1-14(2)16-5-7-18(8-6-16)26-21(29)17-11-20(28)27(13-17)12-15-3-9-19(10-4-15)30-22(23,24)25/h3-10,14,17H,11-13H2,1-2H3,(H,26,29). The van der Waals surface area contributed by atoms with Gasteiger partial charge < -0.3 is 15.0 Å². The van der Waals surface area contributed by atoms with E-state index in [-0.39, 0.29) is 37.1 Å². The van der Waals surface area contributed by atoms with E-state index in [1.807, 2.05) is 24.3 Å². The Bertz CT molecular complexity index is 893. The molecule has 1 unspecified atom stereocenters. The summed E-state index contributed by atoms with van der Waals surface area (Å²) in [5, 5.41) is 2.84. The van der Waals surface area contributed by atoms with Crippen LogP contribution in [0.1, 0.15) is 37.3 Å².